The van der Waals surface area contributed by atoms with Crippen LogP contribution in [0.5, 0.6) is 23.0 Å². The molecule has 22 heavy (non-hydrogen) atoms. The topological polar surface area (TPSA) is 49.0 Å². The zero-order valence-corrected chi connectivity index (χ0v) is 13.3. The van der Waals surface area contributed by atoms with Crippen LogP contribution in [0.2, 0.25) is 0 Å². The zero-order valence-electron chi connectivity index (χ0n) is 13.3. The predicted octanol–water partition coefficient (Wildman–Crippen LogP) is 3.33. The third kappa shape index (κ3) is 3.36. The zero-order chi connectivity index (χ0) is 15.9. The molecule has 1 N–H and O–H groups in total. The first-order valence-corrected chi connectivity index (χ1v) is 6.89. The standard InChI is InChI=1S/C17H21NO4/c1-19-14-7-5-6-13(10-14)18-11-12-8-9-15(20-2)17(22-4)16(12)21-3/h5-10,18H,11H2,1-4H3. The minimum Gasteiger partial charge on any atom is -0.497 e. The lowest BCUT2D eigenvalue weighted by molar-refractivity contribution is 0.322. The molecule has 5 nitrogen and oxygen atoms in total. The van der Waals surface area contributed by atoms with Gasteiger partial charge in [-0.1, -0.05) is 6.07 Å². The number of ether oxygens (including phenoxy) is 4. The Morgan fingerprint density at radius 2 is 1.59 bits per heavy atom. The van der Waals surface area contributed by atoms with Crippen molar-refractivity contribution >= 4 is 5.69 Å². The SMILES string of the molecule is COc1cccc(NCc2ccc(OC)c(OC)c2OC)c1. The first-order chi connectivity index (χ1) is 10.7. The molecule has 0 fully saturated rings. The summed E-state index contributed by atoms with van der Waals surface area (Å²) < 4.78 is 21.4. The van der Waals surface area contributed by atoms with Gasteiger partial charge in [0.2, 0.25) is 5.75 Å². The molecule has 0 saturated heterocycles. The van der Waals surface area contributed by atoms with Crippen LogP contribution in [0.3, 0.4) is 0 Å². The van der Waals surface area contributed by atoms with E-state index in [9.17, 15) is 0 Å². The average molecular weight is 303 g/mol. The van der Waals surface area contributed by atoms with Crippen LogP contribution in [-0.4, -0.2) is 28.4 Å². The Labute approximate surface area is 130 Å². The Kier molecular flexibility index (Phi) is 5.36. The largest absolute Gasteiger partial charge is 0.497 e. The van der Waals surface area contributed by atoms with E-state index >= 15 is 0 Å². The highest BCUT2D eigenvalue weighted by Gasteiger charge is 2.15. The lowest BCUT2D eigenvalue weighted by Gasteiger charge is -2.16. The second kappa shape index (κ2) is 7.45. The van der Waals surface area contributed by atoms with Crippen molar-refractivity contribution in [1.82, 2.24) is 0 Å². The Balaban J connectivity index is 2.22. The van der Waals surface area contributed by atoms with Crippen LogP contribution in [0.1, 0.15) is 5.56 Å². The van der Waals surface area contributed by atoms with Gasteiger partial charge in [-0.05, 0) is 24.3 Å². The summed E-state index contributed by atoms with van der Waals surface area (Å²) >= 11 is 0. The van der Waals surface area contributed by atoms with E-state index in [1.807, 2.05) is 36.4 Å². The molecule has 0 spiro atoms. The lowest BCUT2D eigenvalue weighted by atomic mass is 10.1. The molecule has 0 saturated carbocycles. The lowest BCUT2D eigenvalue weighted by Crippen LogP contribution is -2.04. The maximum absolute atomic E-state index is 5.47. The fraction of sp³-hybridized carbons (Fsp3) is 0.294. The Morgan fingerprint density at radius 3 is 2.23 bits per heavy atom. The van der Waals surface area contributed by atoms with Gasteiger partial charge in [-0.3, -0.25) is 0 Å². The molecule has 0 unspecified atom stereocenters. The summed E-state index contributed by atoms with van der Waals surface area (Å²) in [5.74, 6) is 2.71. The Morgan fingerprint density at radius 1 is 0.818 bits per heavy atom. The molecular weight excluding hydrogens is 282 g/mol. The van der Waals surface area contributed by atoms with Crippen molar-refractivity contribution in [2.24, 2.45) is 0 Å². The minimum absolute atomic E-state index is 0.593. The highest BCUT2D eigenvalue weighted by Crippen LogP contribution is 2.39. The fourth-order valence-electron chi connectivity index (χ4n) is 2.23. The molecule has 0 atom stereocenters. The van der Waals surface area contributed by atoms with Crippen LogP contribution < -0.4 is 24.3 Å². The van der Waals surface area contributed by atoms with Crippen molar-refractivity contribution in [1.29, 1.82) is 0 Å². The van der Waals surface area contributed by atoms with E-state index in [1.165, 1.54) is 0 Å². The normalized spacial score (nSPS) is 10.0. The van der Waals surface area contributed by atoms with Crippen LogP contribution in [0.25, 0.3) is 0 Å². The van der Waals surface area contributed by atoms with Crippen LogP contribution in [-0.2, 0) is 6.54 Å². The van der Waals surface area contributed by atoms with Crippen LogP contribution in [0.15, 0.2) is 36.4 Å². The molecule has 2 aromatic carbocycles. The maximum Gasteiger partial charge on any atom is 0.203 e. The fourth-order valence-corrected chi connectivity index (χ4v) is 2.23. The van der Waals surface area contributed by atoms with Gasteiger partial charge in [0, 0.05) is 23.9 Å². The molecule has 2 aromatic rings. The van der Waals surface area contributed by atoms with Crippen LogP contribution in [0.4, 0.5) is 5.69 Å². The van der Waals surface area contributed by atoms with Crippen molar-refractivity contribution < 1.29 is 18.9 Å². The summed E-state index contributed by atoms with van der Waals surface area (Å²) in [5, 5.41) is 3.34. The monoisotopic (exact) mass is 303 g/mol. The molecule has 0 aliphatic rings. The molecule has 0 aromatic heterocycles. The number of rotatable bonds is 7. The molecule has 0 heterocycles. The van der Waals surface area contributed by atoms with E-state index in [-0.39, 0.29) is 0 Å². The van der Waals surface area contributed by atoms with E-state index in [1.54, 1.807) is 28.4 Å². The predicted molar refractivity (Wildman–Crippen MR) is 86.4 cm³/mol. The van der Waals surface area contributed by atoms with E-state index in [0.717, 1.165) is 17.0 Å². The third-order valence-electron chi connectivity index (χ3n) is 3.34. The number of anilines is 1. The Bertz CT molecular complexity index is 628. The van der Waals surface area contributed by atoms with Gasteiger partial charge in [0.25, 0.3) is 0 Å². The van der Waals surface area contributed by atoms with Crippen LogP contribution >= 0.6 is 0 Å². The quantitative estimate of drug-likeness (QED) is 0.850. The second-order valence-electron chi connectivity index (χ2n) is 4.58. The summed E-state index contributed by atoms with van der Waals surface area (Å²) in [7, 11) is 6.47. The molecule has 5 heteroatoms. The van der Waals surface area contributed by atoms with E-state index < -0.39 is 0 Å². The highest BCUT2D eigenvalue weighted by atomic mass is 16.5. The molecule has 118 valence electrons. The number of methoxy groups -OCH3 is 4. The second-order valence-corrected chi connectivity index (χ2v) is 4.58. The first-order valence-electron chi connectivity index (χ1n) is 6.89. The van der Waals surface area contributed by atoms with Gasteiger partial charge >= 0.3 is 0 Å². The number of benzene rings is 2. The van der Waals surface area contributed by atoms with Crippen molar-refractivity contribution in [2.75, 3.05) is 33.8 Å². The third-order valence-corrected chi connectivity index (χ3v) is 3.34. The van der Waals surface area contributed by atoms with Gasteiger partial charge in [0.05, 0.1) is 28.4 Å². The van der Waals surface area contributed by atoms with Crippen molar-refractivity contribution in [2.45, 2.75) is 6.54 Å². The Hall–Kier alpha value is -2.56. The van der Waals surface area contributed by atoms with Crippen molar-refractivity contribution in [3.05, 3.63) is 42.0 Å². The van der Waals surface area contributed by atoms with Gasteiger partial charge in [-0.2, -0.15) is 0 Å². The van der Waals surface area contributed by atoms with Crippen molar-refractivity contribution in [3.63, 3.8) is 0 Å². The maximum atomic E-state index is 5.47. The van der Waals surface area contributed by atoms with Crippen molar-refractivity contribution in [3.8, 4) is 23.0 Å². The first kappa shape index (κ1) is 15.8. The molecule has 0 bridgehead atoms. The smallest absolute Gasteiger partial charge is 0.203 e. The molecule has 0 radical (unpaired) electrons. The summed E-state index contributed by atoms with van der Waals surface area (Å²) in [5.41, 5.74) is 1.94. The highest BCUT2D eigenvalue weighted by molar-refractivity contribution is 5.57. The number of hydrogen-bond acceptors (Lipinski definition) is 5. The average Bonchev–Trinajstić information content (AvgIpc) is 2.58. The summed E-state index contributed by atoms with van der Waals surface area (Å²) in [6, 6.07) is 11.6. The molecule has 0 aliphatic heterocycles. The van der Waals surface area contributed by atoms with E-state index in [2.05, 4.69) is 5.32 Å². The number of nitrogens with one attached hydrogen (secondary N) is 1. The van der Waals surface area contributed by atoms with E-state index in [0.29, 0.717) is 23.8 Å². The van der Waals surface area contributed by atoms with Gasteiger partial charge in [-0.25, -0.2) is 0 Å². The van der Waals surface area contributed by atoms with Gasteiger partial charge < -0.3 is 24.3 Å². The van der Waals surface area contributed by atoms with E-state index in [4.69, 9.17) is 18.9 Å². The summed E-state index contributed by atoms with van der Waals surface area (Å²) in [6.07, 6.45) is 0. The minimum atomic E-state index is 0.593. The van der Waals surface area contributed by atoms with Gasteiger partial charge in [-0.15, -0.1) is 0 Å². The summed E-state index contributed by atoms with van der Waals surface area (Å²) in [6.45, 7) is 0.594. The molecule has 0 aliphatic carbocycles. The molecule has 0 amide bonds. The van der Waals surface area contributed by atoms with Gasteiger partial charge in [0.1, 0.15) is 5.75 Å². The molecule has 2 rings (SSSR count). The number of hydrogen-bond donors (Lipinski definition) is 1. The summed E-state index contributed by atoms with van der Waals surface area (Å²) in [4.78, 5) is 0. The molecular formula is C17H21NO4. The van der Waals surface area contributed by atoms with Gasteiger partial charge in [0.15, 0.2) is 11.5 Å². The van der Waals surface area contributed by atoms with Crippen LogP contribution in [0, 0.1) is 0 Å².